The van der Waals surface area contributed by atoms with Crippen LogP contribution in [0.25, 0.3) is 0 Å². The number of rotatable bonds is 4. The Morgan fingerprint density at radius 3 is 2.87 bits per heavy atom. The predicted molar refractivity (Wildman–Crippen MR) is 97.3 cm³/mol. The van der Waals surface area contributed by atoms with Crippen LogP contribution < -0.4 is 0 Å². The lowest BCUT2D eigenvalue weighted by molar-refractivity contribution is -0.136. The molecule has 0 spiro atoms. The zero-order valence-electron chi connectivity index (χ0n) is 14.0. The minimum absolute atomic E-state index is 0.332. The van der Waals surface area contributed by atoms with E-state index in [1.165, 1.54) is 24.8 Å². The first-order chi connectivity index (χ1) is 11.2. The van der Waals surface area contributed by atoms with E-state index >= 15 is 0 Å². The van der Waals surface area contributed by atoms with E-state index in [9.17, 15) is 4.79 Å². The molecule has 0 unspecified atom stereocenters. The second-order valence-electron chi connectivity index (χ2n) is 6.83. The average Bonchev–Trinajstić information content (AvgIpc) is 3.03. The summed E-state index contributed by atoms with van der Waals surface area (Å²) in [6.45, 7) is 4.77. The Balaban J connectivity index is 1.67. The molecule has 1 aromatic carbocycles. The van der Waals surface area contributed by atoms with Gasteiger partial charge in [-0.25, -0.2) is 0 Å². The van der Waals surface area contributed by atoms with Crippen molar-refractivity contribution in [2.75, 3.05) is 19.6 Å². The molecule has 2 aliphatic heterocycles. The standard InChI is InChI=1S/C19H27BrN2O/c1-2-17-9-3-4-12-22(17)19(23)14-21-11-6-10-18(21)15-7-5-8-16(20)13-15/h5,7-8,13,17-18H,2-4,6,9-12,14H2,1H3/t17-,18+/m0/s1. The van der Waals surface area contributed by atoms with Gasteiger partial charge in [0.15, 0.2) is 0 Å². The number of amides is 1. The monoisotopic (exact) mass is 378 g/mol. The smallest absolute Gasteiger partial charge is 0.237 e. The van der Waals surface area contributed by atoms with Crippen molar-refractivity contribution in [3.8, 4) is 0 Å². The van der Waals surface area contributed by atoms with Gasteiger partial charge >= 0.3 is 0 Å². The second-order valence-corrected chi connectivity index (χ2v) is 7.74. The molecule has 4 heteroatoms. The number of carbonyl (C=O) groups is 1. The van der Waals surface area contributed by atoms with Crippen molar-refractivity contribution >= 4 is 21.8 Å². The van der Waals surface area contributed by atoms with E-state index < -0.39 is 0 Å². The average molecular weight is 379 g/mol. The van der Waals surface area contributed by atoms with Gasteiger partial charge in [0.05, 0.1) is 6.54 Å². The fourth-order valence-corrected chi connectivity index (χ4v) is 4.54. The van der Waals surface area contributed by atoms with Crippen molar-refractivity contribution in [3.05, 3.63) is 34.3 Å². The molecule has 0 N–H and O–H groups in total. The zero-order valence-corrected chi connectivity index (χ0v) is 15.6. The van der Waals surface area contributed by atoms with E-state index in [4.69, 9.17) is 0 Å². The maximum atomic E-state index is 12.8. The highest BCUT2D eigenvalue weighted by Gasteiger charge is 2.31. The van der Waals surface area contributed by atoms with Crippen molar-refractivity contribution in [1.82, 2.24) is 9.80 Å². The highest BCUT2D eigenvalue weighted by Crippen LogP contribution is 2.33. The summed E-state index contributed by atoms with van der Waals surface area (Å²) in [5.74, 6) is 0.332. The van der Waals surface area contributed by atoms with Gasteiger partial charge < -0.3 is 4.90 Å². The Bertz CT molecular complexity index is 548. The van der Waals surface area contributed by atoms with Gasteiger partial charge in [0.25, 0.3) is 0 Å². The Labute approximate surface area is 148 Å². The molecule has 23 heavy (non-hydrogen) atoms. The molecule has 0 aromatic heterocycles. The number of nitrogens with zero attached hydrogens (tertiary/aromatic N) is 2. The van der Waals surface area contributed by atoms with Gasteiger partial charge in [-0.05, 0) is 62.8 Å². The van der Waals surface area contributed by atoms with Gasteiger partial charge in [0.1, 0.15) is 0 Å². The molecular weight excluding hydrogens is 352 g/mol. The lowest BCUT2D eigenvalue weighted by Crippen LogP contribution is -2.47. The number of likely N-dealkylation sites (tertiary alicyclic amines) is 2. The molecule has 1 amide bonds. The summed E-state index contributed by atoms with van der Waals surface area (Å²) in [6, 6.07) is 9.39. The van der Waals surface area contributed by atoms with Crippen LogP contribution in [0.2, 0.25) is 0 Å². The van der Waals surface area contributed by atoms with Crippen LogP contribution in [0.1, 0.15) is 57.1 Å². The van der Waals surface area contributed by atoms with Crippen LogP contribution in [0.15, 0.2) is 28.7 Å². The van der Waals surface area contributed by atoms with Crippen LogP contribution in [0.3, 0.4) is 0 Å². The molecule has 3 nitrogen and oxygen atoms in total. The fourth-order valence-electron chi connectivity index (χ4n) is 4.12. The lowest BCUT2D eigenvalue weighted by Gasteiger charge is -2.37. The molecule has 0 aliphatic carbocycles. The molecule has 2 saturated heterocycles. The molecule has 0 bridgehead atoms. The van der Waals surface area contributed by atoms with Crippen LogP contribution in [0.4, 0.5) is 0 Å². The summed E-state index contributed by atoms with van der Waals surface area (Å²) in [5, 5.41) is 0. The van der Waals surface area contributed by atoms with Crippen molar-refractivity contribution in [2.24, 2.45) is 0 Å². The predicted octanol–water partition coefficient (Wildman–Crippen LogP) is 4.38. The number of hydrogen-bond acceptors (Lipinski definition) is 2. The second kappa shape index (κ2) is 7.80. The summed E-state index contributed by atoms with van der Waals surface area (Å²) in [4.78, 5) is 17.4. The van der Waals surface area contributed by atoms with Crippen LogP contribution in [-0.4, -0.2) is 41.4 Å². The van der Waals surface area contributed by atoms with Gasteiger partial charge in [-0.2, -0.15) is 0 Å². The first-order valence-corrected chi connectivity index (χ1v) is 9.77. The van der Waals surface area contributed by atoms with Crippen LogP contribution in [-0.2, 0) is 4.79 Å². The third-order valence-electron chi connectivity index (χ3n) is 5.35. The molecule has 126 valence electrons. The first-order valence-electron chi connectivity index (χ1n) is 8.98. The maximum absolute atomic E-state index is 12.8. The van der Waals surface area contributed by atoms with E-state index in [2.05, 4.69) is 56.9 Å². The molecule has 3 rings (SSSR count). The number of halogens is 1. The quantitative estimate of drug-likeness (QED) is 0.775. The Hall–Kier alpha value is -0.870. The third kappa shape index (κ3) is 3.97. The topological polar surface area (TPSA) is 23.6 Å². The molecule has 2 fully saturated rings. The van der Waals surface area contributed by atoms with Crippen molar-refractivity contribution in [3.63, 3.8) is 0 Å². The molecule has 0 saturated carbocycles. The van der Waals surface area contributed by atoms with Crippen LogP contribution in [0.5, 0.6) is 0 Å². The highest BCUT2D eigenvalue weighted by molar-refractivity contribution is 9.10. The van der Waals surface area contributed by atoms with Gasteiger partial charge in [-0.3, -0.25) is 9.69 Å². The molecule has 2 atom stereocenters. The fraction of sp³-hybridized carbons (Fsp3) is 0.632. The summed E-state index contributed by atoms with van der Waals surface area (Å²) in [7, 11) is 0. The summed E-state index contributed by atoms with van der Waals surface area (Å²) >= 11 is 3.57. The first kappa shape index (κ1) is 17.0. The van der Waals surface area contributed by atoms with Gasteiger partial charge in [0.2, 0.25) is 5.91 Å². The molecule has 0 radical (unpaired) electrons. The minimum Gasteiger partial charge on any atom is -0.339 e. The molecule has 1 aromatic rings. The number of carbonyl (C=O) groups excluding carboxylic acids is 1. The zero-order chi connectivity index (χ0) is 16.2. The van der Waals surface area contributed by atoms with Crippen LogP contribution >= 0.6 is 15.9 Å². The number of piperidine rings is 1. The van der Waals surface area contributed by atoms with E-state index in [1.807, 2.05) is 0 Å². The molecular formula is C19H27BrN2O. The Kier molecular flexibility index (Phi) is 5.76. The maximum Gasteiger partial charge on any atom is 0.237 e. The Morgan fingerprint density at radius 2 is 2.09 bits per heavy atom. The number of hydrogen-bond donors (Lipinski definition) is 0. The highest BCUT2D eigenvalue weighted by atomic mass is 79.9. The van der Waals surface area contributed by atoms with Crippen molar-refractivity contribution in [2.45, 2.75) is 57.5 Å². The van der Waals surface area contributed by atoms with E-state index in [-0.39, 0.29) is 0 Å². The van der Waals surface area contributed by atoms with Crippen molar-refractivity contribution < 1.29 is 4.79 Å². The van der Waals surface area contributed by atoms with Gasteiger partial charge in [-0.15, -0.1) is 0 Å². The molecule has 2 heterocycles. The molecule has 2 aliphatic rings. The van der Waals surface area contributed by atoms with Crippen molar-refractivity contribution in [1.29, 1.82) is 0 Å². The van der Waals surface area contributed by atoms with Crippen LogP contribution in [0, 0.1) is 0 Å². The summed E-state index contributed by atoms with van der Waals surface area (Å²) in [6.07, 6.45) is 7.03. The van der Waals surface area contributed by atoms with E-state index in [0.717, 1.165) is 36.8 Å². The largest absolute Gasteiger partial charge is 0.339 e. The van der Waals surface area contributed by atoms with Gasteiger partial charge in [-0.1, -0.05) is 35.0 Å². The third-order valence-corrected chi connectivity index (χ3v) is 5.85. The van der Waals surface area contributed by atoms with E-state index in [1.54, 1.807) is 0 Å². The minimum atomic E-state index is 0.332. The number of benzene rings is 1. The van der Waals surface area contributed by atoms with Gasteiger partial charge in [0, 0.05) is 23.1 Å². The van der Waals surface area contributed by atoms with E-state index in [0.29, 0.717) is 24.5 Å². The summed E-state index contributed by atoms with van der Waals surface area (Å²) < 4.78 is 1.12. The summed E-state index contributed by atoms with van der Waals surface area (Å²) in [5.41, 5.74) is 1.33. The normalized spacial score (nSPS) is 25.7. The lowest BCUT2D eigenvalue weighted by atomic mass is 10.00. The SMILES string of the molecule is CC[C@H]1CCCCN1C(=O)CN1CCC[C@@H]1c1cccc(Br)c1. The Morgan fingerprint density at radius 1 is 1.22 bits per heavy atom.